The van der Waals surface area contributed by atoms with Gasteiger partial charge in [-0.05, 0) is 20.8 Å². The van der Waals surface area contributed by atoms with Crippen molar-refractivity contribution >= 4 is 6.09 Å². The van der Waals surface area contributed by atoms with Gasteiger partial charge < -0.3 is 10.1 Å². The van der Waals surface area contributed by atoms with Crippen LogP contribution in [-0.2, 0) is 4.74 Å². The van der Waals surface area contributed by atoms with E-state index >= 15 is 0 Å². The summed E-state index contributed by atoms with van der Waals surface area (Å²) >= 11 is 0. The van der Waals surface area contributed by atoms with Crippen molar-refractivity contribution in [3.8, 4) is 0 Å². The minimum atomic E-state index is -0.378. The van der Waals surface area contributed by atoms with Gasteiger partial charge in [-0.25, -0.2) is 4.48 Å². The second-order valence-electron chi connectivity index (χ2n) is 6.32. The van der Waals surface area contributed by atoms with Gasteiger partial charge in [0.05, 0.1) is 13.1 Å². The van der Waals surface area contributed by atoms with Crippen molar-refractivity contribution < 1.29 is 14.0 Å². The Kier molecular flexibility index (Phi) is 3.46. The zero-order chi connectivity index (χ0) is 12.5. The molecule has 1 amide bonds. The Hall–Kier alpha value is -0.610. The van der Waals surface area contributed by atoms with Crippen LogP contribution in [0.3, 0.4) is 0 Å². The van der Waals surface area contributed by atoms with Crippen LogP contribution >= 0.6 is 0 Å². The summed E-state index contributed by atoms with van der Waals surface area (Å²) in [6.45, 7) is 9.76. The molecule has 2 rings (SSSR count). The summed E-state index contributed by atoms with van der Waals surface area (Å²) in [5.41, 5.74) is -0.378. The van der Waals surface area contributed by atoms with Crippen LogP contribution in [-0.4, -0.2) is 48.4 Å². The van der Waals surface area contributed by atoms with E-state index in [1.165, 1.54) is 0 Å². The van der Waals surface area contributed by atoms with E-state index in [9.17, 15) is 4.79 Å². The van der Waals surface area contributed by atoms with Crippen LogP contribution in [0.15, 0.2) is 0 Å². The van der Waals surface area contributed by atoms with Gasteiger partial charge in [-0.15, -0.1) is 0 Å². The maximum Gasteiger partial charge on any atom is 0.516 e. The highest BCUT2D eigenvalue weighted by Gasteiger charge is 2.50. The number of hydrogen-bond donors (Lipinski definition) is 1. The standard InChI is InChI=1S/C13H25N2O2/c1-13(2,3)17-12(16)15(8-4-5-9-15)11-6-7-14-10-11/h11,14H,4-10H2,1-3H3/q+1/t11-/m1/s1. The van der Waals surface area contributed by atoms with Gasteiger partial charge >= 0.3 is 6.09 Å². The van der Waals surface area contributed by atoms with Crippen molar-refractivity contribution in [3.05, 3.63) is 0 Å². The average molecular weight is 241 g/mol. The number of nitrogens with one attached hydrogen (secondary N) is 1. The van der Waals surface area contributed by atoms with Gasteiger partial charge in [-0.2, -0.15) is 4.79 Å². The molecule has 2 heterocycles. The SMILES string of the molecule is CC(C)(C)OC(=O)[N+]1([C@@H]2CCNC2)CCCC1. The second-order valence-corrected chi connectivity index (χ2v) is 6.32. The zero-order valence-electron chi connectivity index (χ0n) is 11.3. The van der Waals surface area contributed by atoms with Crippen LogP contribution in [0.25, 0.3) is 0 Å². The van der Waals surface area contributed by atoms with Crippen LogP contribution in [0.2, 0.25) is 0 Å². The quantitative estimate of drug-likeness (QED) is 0.713. The fourth-order valence-corrected chi connectivity index (χ4v) is 3.01. The number of carbonyl (C=O) groups is 1. The van der Waals surface area contributed by atoms with Crippen LogP contribution in [0, 0.1) is 0 Å². The molecule has 4 heteroatoms. The number of likely N-dealkylation sites (tertiary alicyclic amines) is 1. The third-order valence-corrected chi connectivity index (χ3v) is 3.85. The maximum atomic E-state index is 12.5. The normalized spacial score (nSPS) is 28.3. The summed E-state index contributed by atoms with van der Waals surface area (Å²) in [6.07, 6.45) is 3.38. The first-order chi connectivity index (χ1) is 7.94. The van der Waals surface area contributed by atoms with Crippen LogP contribution in [0.5, 0.6) is 0 Å². The molecule has 17 heavy (non-hydrogen) atoms. The predicted molar refractivity (Wildman–Crippen MR) is 66.7 cm³/mol. The number of carbonyl (C=O) groups excluding carboxylic acids is 1. The highest BCUT2D eigenvalue weighted by Crippen LogP contribution is 2.30. The van der Waals surface area contributed by atoms with Gasteiger partial charge in [-0.3, -0.25) is 0 Å². The summed E-state index contributed by atoms with van der Waals surface area (Å²) in [7, 11) is 0. The summed E-state index contributed by atoms with van der Waals surface area (Å²) in [5.74, 6) is 0. The number of rotatable bonds is 1. The molecule has 2 aliphatic rings. The van der Waals surface area contributed by atoms with Crippen molar-refractivity contribution in [2.24, 2.45) is 0 Å². The predicted octanol–water partition coefficient (Wildman–Crippen LogP) is 1.89. The van der Waals surface area contributed by atoms with Crippen molar-refractivity contribution in [2.75, 3.05) is 26.2 Å². The van der Waals surface area contributed by atoms with Gasteiger partial charge in [-0.1, -0.05) is 0 Å². The van der Waals surface area contributed by atoms with E-state index in [0.717, 1.165) is 45.4 Å². The molecular weight excluding hydrogens is 216 g/mol. The summed E-state index contributed by atoms with van der Waals surface area (Å²) < 4.78 is 6.20. The van der Waals surface area contributed by atoms with Crippen molar-refractivity contribution in [3.63, 3.8) is 0 Å². The van der Waals surface area contributed by atoms with Gasteiger partial charge in [0.1, 0.15) is 11.6 Å². The second kappa shape index (κ2) is 4.58. The third-order valence-electron chi connectivity index (χ3n) is 3.85. The first kappa shape index (κ1) is 12.8. The number of quaternary nitrogens is 1. The highest BCUT2D eigenvalue weighted by molar-refractivity contribution is 5.61. The lowest BCUT2D eigenvalue weighted by Gasteiger charge is -2.37. The largest absolute Gasteiger partial charge is 0.516 e. The van der Waals surface area contributed by atoms with E-state index in [4.69, 9.17) is 4.74 Å². The van der Waals surface area contributed by atoms with Crippen LogP contribution < -0.4 is 5.32 Å². The Morgan fingerprint density at radius 3 is 2.41 bits per heavy atom. The molecule has 1 N–H and O–H groups in total. The van der Waals surface area contributed by atoms with E-state index in [-0.39, 0.29) is 11.7 Å². The molecule has 0 aromatic heterocycles. The number of ether oxygens (including phenoxy) is 1. The fourth-order valence-electron chi connectivity index (χ4n) is 3.01. The molecule has 1 atom stereocenters. The number of amides is 1. The summed E-state index contributed by atoms with van der Waals surface area (Å²) in [4.78, 5) is 12.5. The fraction of sp³-hybridized carbons (Fsp3) is 0.923. The zero-order valence-corrected chi connectivity index (χ0v) is 11.3. The van der Waals surface area contributed by atoms with Crippen LogP contribution in [0.1, 0.15) is 40.0 Å². The molecule has 0 aromatic rings. The summed E-state index contributed by atoms with van der Waals surface area (Å²) in [5, 5.41) is 3.37. The minimum absolute atomic E-state index is 0.0105. The average Bonchev–Trinajstić information content (AvgIpc) is 2.87. The molecule has 2 aliphatic heterocycles. The Morgan fingerprint density at radius 2 is 1.94 bits per heavy atom. The molecule has 0 bridgehead atoms. The van der Waals surface area contributed by atoms with Crippen LogP contribution in [0.4, 0.5) is 4.79 Å². The van der Waals surface area contributed by atoms with E-state index in [1.54, 1.807) is 0 Å². The van der Waals surface area contributed by atoms with E-state index in [2.05, 4.69) is 5.32 Å². The molecular formula is C13H25N2O2+. The first-order valence-electron chi connectivity index (χ1n) is 6.75. The lowest BCUT2D eigenvalue weighted by atomic mass is 10.1. The Morgan fingerprint density at radius 1 is 1.29 bits per heavy atom. The van der Waals surface area contributed by atoms with Crippen molar-refractivity contribution in [1.82, 2.24) is 5.32 Å². The first-order valence-corrected chi connectivity index (χ1v) is 6.75. The van der Waals surface area contributed by atoms with E-state index < -0.39 is 0 Å². The van der Waals surface area contributed by atoms with Gasteiger partial charge in [0.15, 0.2) is 0 Å². The van der Waals surface area contributed by atoms with Crippen molar-refractivity contribution in [1.29, 1.82) is 0 Å². The van der Waals surface area contributed by atoms with Gasteiger partial charge in [0.25, 0.3) is 0 Å². The molecule has 0 unspecified atom stereocenters. The topological polar surface area (TPSA) is 38.3 Å². The Labute approximate surface area is 104 Å². The highest BCUT2D eigenvalue weighted by atomic mass is 16.6. The molecule has 98 valence electrons. The molecule has 4 nitrogen and oxygen atoms in total. The Bertz CT molecular complexity index is 284. The van der Waals surface area contributed by atoms with E-state index in [0.29, 0.717) is 10.5 Å². The third kappa shape index (κ3) is 2.63. The maximum absolute atomic E-state index is 12.5. The van der Waals surface area contributed by atoms with Gasteiger partial charge in [0, 0.05) is 32.4 Å². The molecule has 0 spiro atoms. The smallest absolute Gasteiger partial charge is 0.414 e. The molecule has 2 saturated heterocycles. The molecule has 0 saturated carbocycles. The lowest BCUT2D eigenvalue weighted by molar-refractivity contribution is -0.869. The number of nitrogens with zero attached hydrogens (tertiary/aromatic N) is 1. The molecule has 0 aromatic carbocycles. The number of hydrogen-bond acceptors (Lipinski definition) is 3. The lowest BCUT2D eigenvalue weighted by Crippen LogP contribution is -2.59. The van der Waals surface area contributed by atoms with Crippen molar-refractivity contribution in [2.45, 2.75) is 51.7 Å². The molecule has 0 aliphatic carbocycles. The minimum Gasteiger partial charge on any atom is -0.414 e. The summed E-state index contributed by atoms with van der Waals surface area (Å²) in [6, 6.07) is 0.423. The molecule has 2 fully saturated rings. The Balaban J connectivity index is 2.13. The monoisotopic (exact) mass is 241 g/mol. The van der Waals surface area contributed by atoms with E-state index in [1.807, 2.05) is 20.8 Å². The van der Waals surface area contributed by atoms with Gasteiger partial charge in [0.2, 0.25) is 0 Å². The molecule has 0 radical (unpaired) electrons.